The molecule has 0 unspecified atom stereocenters. The molecule has 2 aliphatic rings. The van der Waals surface area contributed by atoms with Crippen molar-refractivity contribution in [3.63, 3.8) is 0 Å². The molecule has 0 spiro atoms. The number of carbonyl (C=O) groups is 1. The van der Waals surface area contributed by atoms with Crippen molar-refractivity contribution in [3.8, 4) is 11.5 Å². The lowest BCUT2D eigenvalue weighted by Gasteiger charge is -2.34. The Kier molecular flexibility index (Phi) is 7.43. The number of piperazine rings is 1. The lowest BCUT2D eigenvalue weighted by Crippen LogP contribution is -2.46. The molecule has 2 heterocycles. The van der Waals surface area contributed by atoms with E-state index in [0.29, 0.717) is 19.6 Å². The highest BCUT2D eigenvalue weighted by atomic mass is 16.5. The Labute approximate surface area is 185 Å². The Balaban J connectivity index is 1.13. The van der Waals surface area contributed by atoms with Gasteiger partial charge >= 0.3 is 0 Å². The Morgan fingerprint density at radius 3 is 2.65 bits per heavy atom. The number of methoxy groups -OCH3 is 1. The maximum absolute atomic E-state index is 12.6. The van der Waals surface area contributed by atoms with Crippen molar-refractivity contribution in [2.45, 2.75) is 19.4 Å². The highest BCUT2D eigenvalue weighted by molar-refractivity contribution is 5.79. The van der Waals surface area contributed by atoms with Crippen LogP contribution in [0.3, 0.4) is 0 Å². The second-order valence-corrected chi connectivity index (χ2v) is 8.43. The third-order valence-corrected chi connectivity index (χ3v) is 6.21. The summed E-state index contributed by atoms with van der Waals surface area (Å²) in [7, 11) is 1.65. The summed E-state index contributed by atoms with van der Waals surface area (Å²) in [5, 5.41) is 3.11. The van der Waals surface area contributed by atoms with Crippen molar-refractivity contribution in [2.24, 2.45) is 5.92 Å². The predicted octanol–water partition coefficient (Wildman–Crippen LogP) is 2.57. The number of rotatable bonds is 8. The van der Waals surface area contributed by atoms with Gasteiger partial charge in [-0.2, -0.15) is 0 Å². The smallest absolute Gasteiger partial charge is 0.226 e. The first-order valence-corrected chi connectivity index (χ1v) is 11.3. The van der Waals surface area contributed by atoms with E-state index in [-0.39, 0.29) is 11.8 Å². The lowest BCUT2D eigenvalue weighted by atomic mass is 9.96. The maximum Gasteiger partial charge on any atom is 0.226 e. The van der Waals surface area contributed by atoms with Gasteiger partial charge in [-0.3, -0.25) is 9.69 Å². The van der Waals surface area contributed by atoms with E-state index in [0.717, 1.165) is 62.8 Å². The SMILES string of the molecule is COc1ccc2c(c1)C[C@@H](C(=O)NCCCN1CCN(Cc3ccccc3)CC1)CO2. The third-order valence-electron chi connectivity index (χ3n) is 6.21. The predicted molar refractivity (Wildman–Crippen MR) is 121 cm³/mol. The Morgan fingerprint density at radius 2 is 1.87 bits per heavy atom. The first-order chi connectivity index (χ1) is 15.2. The first kappa shape index (κ1) is 21.7. The van der Waals surface area contributed by atoms with E-state index in [1.807, 2.05) is 18.2 Å². The number of carbonyl (C=O) groups excluding carboxylic acids is 1. The van der Waals surface area contributed by atoms with E-state index >= 15 is 0 Å². The molecule has 2 aliphatic heterocycles. The zero-order valence-corrected chi connectivity index (χ0v) is 18.4. The largest absolute Gasteiger partial charge is 0.497 e. The zero-order valence-electron chi connectivity index (χ0n) is 18.4. The summed E-state index contributed by atoms with van der Waals surface area (Å²) < 4.78 is 11.1. The third kappa shape index (κ3) is 5.99. The van der Waals surface area contributed by atoms with Crippen molar-refractivity contribution in [2.75, 3.05) is 53.0 Å². The van der Waals surface area contributed by atoms with Crippen molar-refractivity contribution >= 4 is 5.91 Å². The molecule has 0 saturated carbocycles. The van der Waals surface area contributed by atoms with Gasteiger partial charge in [-0.05, 0) is 48.7 Å². The van der Waals surface area contributed by atoms with Gasteiger partial charge < -0.3 is 19.7 Å². The molecule has 0 aliphatic carbocycles. The fourth-order valence-electron chi connectivity index (χ4n) is 4.34. The molecule has 0 bridgehead atoms. The standard InChI is InChI=1S/C25H33N3O3/c1-30-23-8-9-24-21(17-23)16-22(19-31-24)25(29)26-10-5-11-27-12-14-28(15-13-27)18-20-6-3-2-4-7-20/h2-4,6-9,17,22H,5,10-16,18-19H2,1H3,(H,26,29)/t22-/m1/s1. The summed E-state index contributed by atoms with van der Waals surface area (Å²) in [6.45, 7) is 7.60. The molecule has 1 atom stereocenters. The zero-order chi connectivity index (χ0) is 21.5. The van der Waals surface area contributed by atoms with E-state index in [1.54, 1.807) is 7.11 Å². The van der Waals surface area contributed by atoms with Crippen molar-refractivity contribution in [3.05, 3.63) is 59.7 Å². The number of amides is 1. The Bertz CT molecular complexity index is 850. The van der Waals surface area contributed by atoms with Gasteiger partial charge in [0.1, 0.15) is 18.1 Å². The number of hydrogen-bond donors (Lipinski definition) is 1. The van der Waals surface area contributed by atoms with Gasteiger partial charge in [0.15, 0.2) is 0 Å². The number of ether oxygens (including phenoxy) is 2. The van der Waals surface area contributed by atoms with Crippen LogP contribution < -0.4 is 14.8 Å². The summed E-state index contributed by atoms with van der Waals surface area (Å²) in [5.74, 6) is 1.60. The second kappa shape index (κ2) is 10.6. The van der Waals surface area contributed by atoms with Gasteiger partial charge in [0.2, 0.25) is 5.91 Å². The number of benzene rings is 2. The fraction of sp³-hybridized carbons (Fsp3) is 0.480. The van der Waals surface area contributed by atoms with Crippen molar-refractivity contribution < 1.29 is 14.3 Å². The number of nitrogens with zero attached hydrogens (tertiary/aromatic N) is 2. The van der Waals surface area contributed by atoms with E-state index in [9.17, 15) is 4.79 Å². The van der Waals surface area contributed by atoms with Gasteiger partial charge in [-0.1, -0.05) is 30.3 Å². The molecular formula is C25H33N3O3. The van der Waals surface area contributed by atoms with Crippen molar-refractivity contribution in [1.29, 1.82) is 0 Å². The average Bonchev–Trinajstić information content (AvgIpc) is 2.82. The van der Waals surface area contributed by atoms with Crippen LogP contribution in [0.1, 0.15) is 17.5 Å². The topological polar surface area (TPSA) is 54.0 Å². The molecule has 166 valence electrons. The highest BCUT2D eigenvalue weighted by Crippen LogP contribution is 2.30. The molecule has 0 aromatic heterocycles. The molecule has 4 rings (SSSR count). The number of fused-ring (bicyclic) bond motifs is 1. The minimum absolute atomic E-state index is 0.0844. The molecule has 1 fully saturated rings. The quantitative estimate of drug-likeness (QED) is 0.662. The second-order valence-electron chi connectivity index (χ2n) is 8.43. The summed E-state index contributed by atoms with van der Waals surface area (Å²) >= 11 is 0. The lowest BCUT2D eigenvalue weighted by molar-refractivity contribution is -0.126. The van der Waals surface area contributed by atoms with Crippen LogP contribution in [0.25, 0.3) is 0 Å². The Hall–Kier alpha value is -2.57. The molecule has 1 N–H and O–H groups in total. The first-order valence-electron chi connectivity index (χ1n) is 11.3. The van der Waals surface area contributed by atoms with E-state index in [4.69, 9.17) is 9.47 Å². The molecule has 6 nitrogen and oxygen atoms in total. The van der Waals surface area contributed by atoms with Crippen LogP contribution in [0, 0.1) is 5.92 Å². The Morgan fingerprint density at radius 1 is 1.10 bits per heavy atom. The van der Waals surface area contributed by atoms with Crippen LogP contribution in [0.15, 0.2) is 48.5 Å². The van der Waals surface area contributed by atoms with E-state index < -0.39 is 0 Å². The number of hydrogen-bond acceptors (Lipinski definition) is 5. The van der Waals surface area contributed by atoms with Crippen LogP contribution in [0.5, 0.6) is 11.5 Å². The maximum atomic E-state index is 12.6. The van der Waals surface area contributed by atoms with E-state index in [2.05, 4.69) is 45.4 Å². The average molecular weight is 424 g/mol. The minimum atomic E-state index is -0.138. The van der Waals surface area contributed by atoms with Crippen LogP contribution in [0.2, 0.25) is 0 Å². The van der Waals surface area contributed by atoms with E-state index in [1.165, 1.54) is 5.56 Å². The monoisotopic (exact) mass is 423 g/mol. The molecular weight excluding hydrogens is 390 g/mol. The molecule has 2 aromatic carbocycles. The minimum Gasteiger partial charge on any atom is -0.497 e. The normalized spacial score (nSPS) is 19.3. The molecule has 31 heavy (non-hydrogen) atoms. The van der Waals surface area contributed by atoms with Gasteiger partial charge in [-0.25, -0.2) is 0 Å². The van der Waals surface area contributed by atoms with Crippen LogP contribution in [-0.2, 0) is 17.8 Å². The van der Waals surface area contributed by atoms with Gasteiger partial charge in [-0.15, -0.1) is 0 Å². The van der Waals surface area contributed by atoms with Crippen molar-refractivity contribution in [1.82, 2.24) is 15.1 Å². The highest BCUT2D eigenvalue weighted by Gasteiger charge is 2.26. The molecule has 0 radical (unpaired) electrons. The molecule has 6 heteroatoms. The van der Waals surface area contributed by atoms with Gasteiger partial charge in [0.25, 0.3) is 0 Å². The summed E-state index contributed by atoms with van der Waals surface area (Å²) in [6.07, 6.45) is 1.67. The van der Waals surface area contributed by atoms with Crippen LogP contribution in [-0.4, -0.2) is 68.7 Å². The van der Waals surface area contributed by atoms with Crippen LogP contribution in [0.4, 0.5) is 0 Å². The summed E-state index contributed by atoms with van der Waals surface area (Å²) in [5.41, 5.74) is 2.42. The van der Waals surface area contributed by atoms with Gasteiger partial charge in [0.05, 0.1) is 13.0 Å². The number of nitrogens with one attached hydrogen (secondary N) is 1. The summed E-state index contributed by atoms with van der Waals surface area (Å²) in [4.78, 5) is 17.6. The van der Waals surface area contributed by atoms with Gasteiger partial charge in [0, 0.05) is 39.3 Å². The molecule has 1 saturated heterocycles. The molecule has 1 amide bonds. The van der Waals surface area contributed by atoms with Crippen LogP contribution >= 0.6 is 0 Å². The molecule has 2 aromatic rings. The summed E-state index contributed by atoms with van der Waals surface area (Å²) in [6, 6.07) is 16.4. The fourth-order valence-corrected chi connectivity index (χ4v) is 4.34.